The Kier molecular flexibility index (Phi) is 4.09. The van der Waals surface area contributed by atoms with E-state index in [1.807, 2.05) is 6.92 Å². The number of hydrogen-bond donors (Lipinski definition) is 2. The molecular weight excluding hydrogens is 254 g/mol. The predicted octanol–water partition coefficient (Wildman–Crippen LogP) is 2.77. The normalized spacial score (nSPS) is 24.8. The molecule has 0 radical (unpaired) electrons. The fraction of sp³-hybridized carbons (Fsp3) is 0.462. The first-order valence-corrected chi connectivity index (χ1v) is 6.34. The van der Waals surface area contributed by atoms with Gasteiger partial charge in [0.15, 0.2) is 6.04 Å². The Hall–Kier alpha value is -1.26. The lowest BCUT2D eigenvalue weighted by molar-refractivity contribution is -0.141. The first-order chi connectivity index (χ1) is 8.56. The van der Waals surface area contributed by atoms with E-state index in [2.05, 4.69) is 5.32 Å². The molecule has 3 unspecified atom stereocenters. The second-order valence-corrected chi connectivity index (χ2v) is 4.97. The van der Waals surface area contributed by atoms with Gasteiger partial charge in [0.2, 0.25) is 0 Å². The molecule has 1 heterocycles. The number of nitrogens with one attached hydrogen (secondary N) is 1. The van der Waals surface area contributed by atoms with Crippen LogP contribution in [0.3, 0.4) is 0 Å². The molecule has 18 heavy (non-hydrogen) atoms. The summed E-state index contributed by atoms with van der Waals surface area (Å²) in [5.41, 5.74) is 0.693. The van der Waals surface area contributed by atoms with Gasteiger partial charge in [-0.1, -0.05) is 17.7 Å². The summed E-state index contributed by atoms with van der Waals surface area (Å²) in [6.07, 6.45) is 1.48. The third-order valence-corrected chi connectivity index (χ3v) is 3.28. The number of anilines is 1. The smallest absolute Gasteiger partial charge is 0.328 e. The molecular formula is C13H16ClNO3. The summed E-state index contributed by atoms with van der Waals surface area (Å²) in [6, 6.07) is 6.28. The van der Waals surface area contributed by atoms with Crippen LogP contribution in [-0.2, 0) is 9.53 Å². The molecule has 1 aliphatic heterocycles. The highest BCUT2D eigenvalue weighted by Gasteiger charge is 2.34. The van der Waals surface area contributed by atoms with Crippen molar-refractivity contribution in [3.8, 4) is 0 Å². The van der Waals surface area contributed by atoms with E-state index in [1.165, 1.54) is 0 Å². The van der Waals surface area contributed by atoms with Gasteiger partial charge in [-0.2, -0.15) is 0 Å². The van der Waals surface area contributed by atoms with Gasteiger partial charge in [0, 0.05) is 10.7 Å². The quantitative estimate of drug-likeness (QED) is 0.882. The van der Waals surface area contributed by atoms with E-state index in [1.54, 1.807) is 24.3 Å². The van der Waals surface area contributed by atoms with Gasteiger partial charge in [-0.25, -0.2) is 4.79 Å². The number of carboxylic acid groups (broad SMARTS) is 1. The van der Waals surface area contributed by atoms with Crippen LogP contribution in [0.1, 0.15) is 19.8 Å². The van der Waals surface area contributed by atoms with Gasteiger partial charge in [0.05, 0.1) is 12.2 Å². The van der Waals surface area contributed by atoms with E-state index in [-0.39, 0.29) is 12.2 Å². The minimum atomic E-state index is -0.908. The second-order valence-electron chi connectivity index (χ2n) is 4.53. The van der Waals surface area contributed by atoms with E-state index >= 15 is 0 Å². The number of hydrogen-bond acceptors (Lipinski definition) is 3. The van der Waals surface area contributed by atoms with Crippen molar-refractivity contribution in [2.75, 3.05) is 5.32 Å². The Morgan fingerprint density at radius 3 is 2.89 bits per heavy atom. The number of aliphatic carboxylic acids is 1. The van der Waals surface area contributed by atoms with Gasteiger partial charge in [-0.15, -0.1) is 0 Å². The Balaban J connectivity index is 2.09. The maximum Gasteiger partial charge on any atom is 0.328 e. The zero-order chi connectivity index (χ0) is 13.1. The molecule has 2 rings (SSSR count). The molecule has 1 fully saturated rings. The molecule has 5 heteroatoms. The molecule has 4 nitrogen and oxygen atoms in total. The predicted molar refractivity (Wildman–Crippen MR) is 70.1 cm³/mol. The first-order valence-electron chi connectivity index (χ1n) is 5.96. The van der Waals surface area contributed by atoms with Crippen LogP contribution < -0.4 is 5.32 Å². The van der Waals surface area contributed by atoms with Crippen LogP contribution in [0.25, 0.3) is 0 Å². The van der Waals surface area contributed by atoms with Crippen molar-refractivity contribution >= 4 is 23.3 Å². The van der Waals surface area contributed by atoms with E-state index < -0.39 is 12.0 Å². The molecule has 3 atom stereocenters. The molecule has 1 saturated heterocycles. The maximum absolute atomic E-state index is 11.3. The molecule has 0 aromatic heterocycles. The summed E-state index contributed by atoms with van der Waals surface area (Å²) < 4.78 is 5.61. The number of carboxylic acids is 1. The topological polar surface area (TPSA) is 58.6 Å². The fourth-order valence-electron chi connectivity index (χ4n) is 2.15. The van der Waals surface area contributed by atoms with Gasteiger partial charge >= 0.3 is 5.97 Å². The van der Waals surface area contributed by atoms with E-state index in [4.69, 9.17) is 16.3 Å². The van der Waals surface area contributed by atoms with Crippen LogP contribution >= 0.6 is 11.6 Å². The van der Waals surface area contributed by atoms with Crippen LogP contribution in [0.15, 0.2) is 24.3 Å². The largest absolute Gasteiger partial charge is 0.480 e. The monoisotopic (exact) mass is 269 g/mol. The number of ether oxygens (including phenoxy) is 1. The van der Waals surface area contributed by atoms with Crippen molar-refractivity contribution in [3.05, 3.63) is 29.3 Å². The standard InChI is InChI=1S/C13H16ClNO3/c1-8-5-6-11(18-8)12(13(16)17)15-10-4-2-3-9(14)7-10/h2-4,7-8,11-12,15H,5-6H2,1H3,(H,16,17). The number of carbonyl (C=O) groups is 1. The number of rotatable bonds is 4. The lowest BCUT2D eigenvalue weighted by Gasteiger charge is -2.22. The van der Waals surface area contributed by atoms with Crippen LogP contribution in [0, 0.1) is 0 Å². The molecule has 0 aliphatic carbocycles. The molecule has 0 bridgehead atoms. The minimum absolute atomic E-state index is 0.123. The summed E-state index contributed by atoms with van der Waals surface area (Å²) in [5, 5.41) is 12.8. The third-order valence-electron chi connectivity index (χ3n) is 3.05. The summed E-state index contributed by atoms with van der Waals surface area (Å²) in [7, 11) is 0. The van der Waals surface area contributed by atoms with Crippen LogP contribution in [0.2, 0.25) is 5.02 Å². The Bertz CT molecular complexity index is 438. The molecule has 1 aromatic carbocycles. The summed E-state index contributed by atoms with van der Waals surface area (Å²) in [4.78, 5) is 11.3. The van der Waals surface area contributed by atoms with Gasteiger partial charge in [0.25, 0.3) is 0 Å². The second kappa shape index (κ2) is 5.59. The van der Waals surface area contributed by atoms with Crippen molar-refractivity contribution < 1.29 is 14.6 Å². The van der Waals surface area contributed by atoms with Gasteiger partial charge in [0.1, 0.15) is 0 Å². The Morgan fingerprint density at radius 1 is 1.56 bits per heavy atom. The van der Waals surface area contributed by atoms with Gasteiger partial charge < -0.3 is 15.2 Å². The van der Waals surface area contributed by atoms with Crippen molar-refractivity contribution in [3.63, 3.8) is 0 Å². The van der Waals surface area contributed by atoms with Crippen molar-refractivity contribution in [2.24, 2.45) is 0 Å². The summed E-state index contributed by atoms with van der Waals surface area (Å²) in [5.74, 6) is -0.908. The van der Waals surface area contributed by atoms with Gasteiger partial charge in [-0.05, 0) is 38.0 Å². The first kappa shape index (κ1) is 13.2. The highest BCUT2D eigenvalue weighted by Crippen LogP contribution is 2.25. The van der Waals surface area contributed by atoms with E-state index in [9.17, 15) is 9.90 Å². The van der Waals surface area contributed by atoms with Gasteiger partial charge in [-0.3, -0.25) is 0 Å². The van der Waals surface area contributed by atoms with Crippen LogP contribution in [0.5, 0.6) is 0 Å². The van der Waals surface area contributed by atoms with Crippen LogP contribution in [-0.4, -0.2) is 29.3 Å². The Morgan fingerprint density at radius 2 is 2.33 bits per heavy atom. The summed E-state index contributed by atoms with van der Waals surface area (Å²) in [6.45, 7) is 1.96. The van der Waals surface area contributed by atoms with Crippen molar-refractivity contribution in [2.45, 2.75) is 38.0 Å². The van der Waals surface area contributed by atoms with Crippen LogP contribution in [0.4, 0.5) is 5.69 Å². The average Bonchev–Trinajstić information content (AvgIpc) is 2.72. The molecule has 1 aliphatic rings. The van der Waals surface area contributed by atoms with E-state index in [0.717, 1.165) is 12.8 Å². The molecule has 1 aromatic rings. The lowest BCUT2D eigenvalue weighted by atomic mass is 10.1. The Labute approximate surface area is 111 Å². The molecule has 2 N–H and O–H groups in total. The van der Waals surface area contributed by atoms with Crippen molar-refractivity contribution in [1.29, 1.82) is 0 Å². The highest BCUT2D eigenvalue weighted by atomic mass is 35.5. The van der Waals surface area contributed by atoms with Crippen molar-refractivity contribution in [1.82, 2.24) is 0 Å². The molecule has 0 amide bonds. The maximum atomic E-state index is 11.3. The minimum Gasteiger partial charge on any atom is -0.480 e. The average molecular weight is 270 g/mol. The fourth-order valence-corrected chi connectivity index (χ4v) is 2.34. The highest BCUT2D eigenvalue weighted by molar-refractivity contribution is 6.30. The van der Waals surface area contributed by atoms with E-state index in [0.29, 0.717) is 10.7 Å². The molecule has 0 spiro atoms. The molecule has 0 saturated carbocycles. The number of benzene rings is 1. The zero-order valence-electron chi connectivity index (χ0n) is 10.1. The molecule has 98 valence electrons. The number of halogens is 1. The SMILES string of the molecule is CC1CCC(C(Nc2cccc(Cl)c2)C(=O)O)O1. The zero-order valence-corrected chi connectivity index (χ0v) is 10.9. The third kappa shape index (κ3) is 3.15. The summed E-state index contributed by atoms with van der Waals surface area (Å²) >= 11 is 5.87. The lowest BCUT2D eigenvalue weighted by Crippen LogP contribution is -2.40.